The van der Waals surface area contributed by atoms with Crippen LogP contribution in [-0.4, -0.2) is 38.4 Å². The smallest absolute Gasteiger partial charge is 0.266 e. The fourth-order valence-electron chi connectivity index (χ4n) is 5.21. The molecule has 1 N–H and O–H groups in total. The number of pyridine rings is 1. The average Bonchev–Trinajstić information content (AvgIpc) is 2.87. The van der Waals surface area contributed by atoms with Crippen LogP contribution in [0.4, 0.5) is 19.0 Å². The van der Waals surface area contributed by atoms with Crippen LogP contribution in [0.25, 0.3) is 10.9 Å². The molecule has 1 aromatic carbocycles. The number of aryl methyl sites for hydroxylation is 1. The molecule has 1 aliphatic rings. The van der Waals surface area contributed by atoms with Gasteiger partial charge in [-0.1, -0.05) is 31.2 Å². The summed E-state index contributed by atoms with van der Waals surface area (Å²) in [6.07, 6.45) is 1.66. The second-order valence-electron chi connectivity index (χ2n) is 10.1. The number of carbonyl (C=O) groups is 1. The van der Waals surface area contributed by atoms with Gasteiger partial charge in [-0.25, -0.2) is 23.1 Å². The molecule has 3 heterocycles. The zero-order valence-electron chi connectivity index (χ0n) is 22.0. The number of hydrogen-bond donors (Lipinski definition) is 1. The zero-order valence-corrected chi connectivity index (χ0v) is 22.0. The van der Waals surface area contributed by atoms with E-state index in [-0.39, 0.29) is 23.5 Å². The van der Waals surface area contributed by atoms with Crippen molar-refractivity contribution in [2.75, 3.05) is 18.4 Å². The van der Waals surface area contributed by atoms with E-state index < -0.39 is 28.9 Å². The van der Waals surface area contributed by atoms with Crippen LogP contribution in [0.2, 0.25) is 0 Å². The number of fused-ring (bicyclic) bond motifs is 1. The van der Waals surface area contributed by atoms with Crippen LogP contribution < -0.4 is 10.9 Å². The molecule has 38 heavy (non-hydrogen) atoms. The van der Waals surface area contributed by atoms with Crippen LogP contribution in [0, 0.1) is 12.7 Å². The number of piperidine rings is 1. The van der Waals surface area contributed by atoms with E-state index >= 15 is 4.39 Å². The lowest BCUT2D eigenvalue weighted by atomic mass is 9.85. The Hall–Kier alpha value is -3.69. The van der Waals surface area contributed by atoms with Crippen molar-refractivity contribution in [1.82, 2.24) is 19.4 Å². The van der Waals surface area contributed by atoms with Gasteiger partial charge in [0.15, 0.2) is 0 Å². The summed E-state index contributed by atoms with van der Waals surface area (Å²) in [4.78, 5) is 35.8. The fourth-order valence-corrected chi connectivity index (χ4v) is 5.21. The van der Waals surface area contributed by atoms with Gasteiger partial charge in [-0.3, -0.25) is 9.59 Å². The number of halogens is 3. The van der Waals surface area contributed by atoms with Gasteiger partial charge in [0.25, 0.3) is 12.0 Å². The summed E-state index contributed by atoms with van der Waals surface area (Å²) in [5.74, 6) is -0.297. The van der Waals surface area contributed by atoms with Crippen LogP contribution in [-0.2, 0) is 15.9 Å². The lowest BCUT2D eigenvalue weighted by Gasteiger charge is -2.40. The monoisotopic (exact) mass is 527 g/mol. The average molecular weight is 528 g/mol. The Labute approximate surface area is 219 Å². The lowest BCUT2D eigenvalue weighted by molar-refractivity contribution is -0.130. The standard InChI is InChI=1S/C28H32F3N5O2/c1-6-28(7-2,21-10-8-9-19(24(21)29)25(30)31)34-26-20-16-36(23(38)15-22(20)32-17(3)33-26)27(5)11-13-35(14-12-27)18(4)37/h6,8-10,15-16,25H,1,7,11-14H2,2-5H3,(H,32,33,34). The van der Waals surface area contributed by atoms with Crippen LogP contribution >= 0.6 is 0 Å². The molecule has 0 bridgehead atoms. The maximum absolute atomic E-state index is 15.3. The molecule has 1 amide bonds. The van der Waals surface area contributed by atoms with Crippen LogP contribution in [0.1, 0.15) is 63.4 Å². The summed E-state index contributed by atoms with van der Waals surface area (Å²) < 4.78 is 44.0. The highest BCUT2D eigenvalue weighted by Crippen LogP contribution is 2.37. The van der Waals surface area contributed by atoms with Gasteiger partial charge in [-0.15, -0.1) is 6.58 Å². The maximum atomic E-state index is 15.3. The fraction of sp³-hybridized carbons (Fsp3) is 0.429. The number of rotatable bonds is 7. The summed E-state index contributed by atoms with van der Waals surface area (Å²) >= 11 is 0. The van der Waals surface area contributed by atoms with Gasteiger partial charge in [0, 0.05) is 43.4 Å². The van der Waals surface area contributed by atoms with Gasteiger partial charge < -0.3 is 14.8 Å². The second kappa shape index (κ2) is 10.2. The van der Waals surface area contributed by atoms with E-state index in [2.05, 4.69) is 21.9 Å². The molecule has 1 unspecified atom stereocenters. The minimum atomic E-state index is -2.97. The maximum Gasteiger partial charge on any atom is 0.266 e. The molecule has 0 aliphatic carbocycles. The van der Waals surface area contributed by atoms with Crippen molar-refractivity contribution in [3.8, 4) is 0 Å². The number of nitrogens with one attached hydrogen (secondary N) is 1. The van der Waals surface area contributed by atoms with Crippen molar-refractivity contribution >= 4 is 22.6 Å². The molecule has 0 saturated carbocycles. The van der Waals surface area contributed by atoms with Crippen LogP contribution in [0.5, 0.6) is 0 Å². The van der Waals surface area contributed by atoms with Crippen molar-refractivity contribution < 1.29 is 18.0 Å². The van der Waals surface area contributed by atoms with Gasteiger partial charge in [0.05, 0.1) is 22.0 Å². The Morgan fingerprint density at radius 1 is 1.29 bits per heavy atom. The third-order valence-corrected chi connectivity index (χ3v) is 7.70. The number of hydrogen-bond acceptors (Lipinski definition) is 5. The number of alkyl halides is 2. The van der Waals surface area contributed by atoms with E-state index in [0.29, 0.717) is 48.5 Å². The normalized spacial score (nSPS) is 16.9. The van der Waals surface area contributed by atoms with Crippen molar-refractivity contribution in [1.29, 1.82) is 0 Å². The van der Waals surface area contributed by atoms with Gasteiger partial charge in [-0.2, -0.15) is 0 Å². The molecule has 0 radical (unpaired) electrons. The highest BCUT2D eigenvalue weighted by Gasteiger charge is 2.35. The zero-order chi connectivity index (χ0) is 27.8. The predicted octanol–water partition coefficient (Wildman–Crippen LogP) is 5.44. The largest absolute Gasteiger partial charge is 0.356 e. The Balaban J connectivity index is 1.85. The van der Waals surface area contributed by atoms with Crippen molar-refractivity contribution in [3.05, 3.63) is 76.2 Å². The van der Waals surface area contributed by atoms with Crippen molar-refractivity contribution in [2.45, 2.75) is 64.5 Å². The molecule has 1 aliphatic heterocycles. The van der Waals surface area contributed by atoms with E-state index in [1.807, 2.05) is 6.92 Å². The van der Waals surface area contributed by atoms with Gasteiger partial charge >= 0.3 is 0 Å². The first kappa shape index (κ1) is 27.3. The Morgan fingerprint density at radius 2 is 1.97 bits per heavy atom. The first-order chi connectivity index (χ1) is 17.9. The SMILES string of the molecule is C=CC(CC)(Nc1nc(C)nc2cc(=O)n(C3(C)CCN(C(C)=O)CC3)cc12)c1cccc(C(F)F)c1F. The molecule has 0 spiro atoms. The summed E-state index contributed by atoms with van der Waals surface area (Å²) in [5, 5.41) is 3.78. The summed E-state index contributed by atoms with van der Waals surface area (Å²) in [5.41, 5.74) is -2.30. The number of carbonyl (C=O) groups excluding carboxylic acids is 1. The number of amides is 1. The summed E-state index contributed by atoms with van der Waals surface area (Å²) in [6.45, 7) is 11.9. The molecule has 2 aromatic heterocycles. The van der Waals surface area contributed by atoms with Crippen molar-refractivity contribution in [3.63, 3.8) is 0 Å². The molecule has 3 aromatic rings. The first-order valence-electron chi connectivity index (χ1n) is 12.6. The molecule has 1 atom stereocenters. The Morgan fingerprint density at radius 3 is 2.55 bits per heavy atom. The van der Waals surface area contributed by atoms with Gasteiger partial charge in [0.1, 0.15) is 17.5 Å². The highest BCUT2D eigenvalue weighted by atomic mass is 19.3. The molecular formula is C28H32F3N5O2. The molecule has 1 fully saturated rings. The van der Waals surface area contributed by atoms with E-state index in [1.54, 1.807) is 29.5 Å². The summed E-state index contributed by atoms with van der Waals surface area (Å²) in [6, 6.07) is 5.35. The van der Waals surface area contributed by atoms with E-state index in [4.69, 9.17) is 0 Å². The molecule has 10 heteroatoms. The minimum absolute atomic E-state index is 0.00301. The van der Waals surface area contributed by atoms with E-state index in [9.17, 15) is 18.4 Å². The highest BCUT2D eigenvalue weighted by molar-refractivity contribution is 5.88. The first-order valence-corrected chi connectivity index (χ1v) is 12.6. The molecular weight excluding hydrogens is 495 g/mol. The second-order valence-corrected chi connectivity index (χ2v) is 10.1. The van der Waals surface area contributed by atoms with Crippen molar-refractivity contribution in [2.24, 2.45) is 0 Å². The van der Waals surface area contributed by atoms with Crippen LogP contribution in [0.3, 0.4) is 0 Å². The molecule has 202 valence electrons. The van der Waals surface area contributed by atoms with E-state index in [0.717, 1.165) is 6.07 Å². The van der Waals surface area contributed by atoms with Crippen LogP contribution in [0.15, 0.2) is 47.9 Å². The molecule has 4 rings (SSSR count). The van der Waals surface area contributed by atoms with Gasteiger partial charge in [-0.05, 0) is 33.1 Å². The third kappa shape index (κ3) is 4.79. The lowest BCUT2D eigenvalue weighted by Crippen LogP contribution is -2.48. The Bertz CT molecular complexity index is 1450. The number of benzene rings is 1. The summed E-state index contributed by atoms with van der Waals surface area (Å²) in [7, 11) is 0. The minimum Gasteiger partial charge on any atom is -0.356 e. The molecule has 1 saturated heterocycles. The topological polar surface area (TPSA) is 80.1 Å². The molecule has 7 nitrogen and oxygen atoms in total. The third-order valence-electron chi connectivity index (χ3n) is 7.70. The predicted molar refractivity (Wildman–Crippen MR) is 141 cm³/mol. The number of aromatic nitrogens is 3. The quantitative estimate of drug-likeness (QED) is 0.414. The number of likely N-dealkylation sites (tertiary alicyclic amines) is 1. The number of nitrogens with zero attached hydrogens (tertiary/aromatic N) is 4. The number of anilines is 1. The van der Waals surface area contributed by atoms with Gasteiger partial charge in [0.2, 0.25) is 5.91 Å². The van der Waals surface area contributed by atoms with E-state index in [1.165, 1.54) is 31.2 Å². The Kier molecular flexibility index (Phi) is 7.36.